The Kier molecular flexibility index (Phi) is 1.68. The highest BCUT2D eigenvalue weighted by Gasteiger charge is 2.13. The van der Waals surface area contributed by atoms with Crippen LogP contribution < -0.4 is 5.32 Å². The van der Waals surface area contributed by atoms with E-state index in [0.29, 0.717) is 0 Å². The number of nitrogens with zero attached hydrogens (tertiary/aromatic N) is 2. The van der Waals surface area contributed by atoms with Gasteiger partial charge >= 0.3 is 0 Å². The summed E-state index contributed by atoms with van der Waals surface area (Å²) in [6.07, 6.45) is 2.00. The third-order valence-electron chi connectivity index (χ3n) is 1.36. The highest BCUT2D eigenvalue weighted by atomic mass is 15.6. The second-order valence-electron chi connectivity index (χ2n) is 2.58. The van der Waals surface area contributed by atoms with Crippen LogP contribution in [0.25, 0.3) is 0 Å². The topological polar surface area (TPSA) is 18.5 Å². The predicted molar refractivity (Wildman–Crippen MR) is 41.6 cm³/mol. The van der Waals surface area contributed by atoms with Gasteiger partial charge in [-0.1, -0.05) is 6.58 Å². The third kappa shape index (κ3) is 1.14. The molecule has 10 heavy (non-hydrogen) atoms. The molecule has 0 spiro atoms. The minimum absolute atomic E-state index is 0.905. The minimum Gasteiger partial charge on any atom is -0.343 e. The summed E-state index contributed by atoms with van der Waals surface area (Å²) in [6, 6.07) is 0. The summed E-state index contributed by atoms with van der Waals surface area (Å²) in [5.74, 6) is 0.905. The number of hydrazine groups is 1. The van der Waals surface area contributed by atoms with Crippen molar-refractivity contribution in [1.82, 2.24) is 15.3 Å². The number of rotatable bonds is 1. The van der Waals surface area contributed by atoms with Crippen LogP contribution in [0, 0.1) is 0 Å². The van der Waals surface area contributed by atoms with Crippen molar-refractivity contribution in [2.75, 3.05) is 14.1 Å². The van der Waals surface area contributed by atoms with E-state index in [0.717, 1.165) is 11.5 Å². The molecule has 1 heterocycles. The lowest BCUT2D eigenvalue weighted by atomic mass is 10.6. The molecule has 1 N–H and O–H groups in total. The van der Waals surface area contributed by atoms with E-state index in [4.69, 9.17) is 0 Å². The second kappa shape index (κ2) is 2.34. The van der Waals surface area contributed by atoms with Crippen molar-refractivity contribution in [1.29, 1.82) is 0 Å². The number of hydrogen-bond donors (Lipinski definition) is 1. The highest BCUT2D eigenvalue weighted by Crippen LogP contribution is 2.11. The van der Waals surface area contributed by atoms with Crippen LogP contribution in [0.3, 0.4) is 0 Å². The maximum absolute atomic E-state index is 3.83. The van der Waals surface area contributed by atoms with Crippen LogP contribution in [-0.4, -0.2) is 24.1 Å². The fourth-order valence-electron chi connectivity index (χ4n) is 0.935. The first-order valence-corrected chi connectivity index (χ1v) is 3.22. The molecule has 0 unspecified atom stereocenters. The molecule has 0 atom stereocenters. The zero-order valence-electron chi connectivity index (χ0n) is 6.68. The largest absolute Gasteiger partial charge is 0.343 e. The third-order valence-corrected chi connectivity index (χ3v) is 1.36. The van der Waals surface area contributed by atoms with Crippen molar-refractivity contribution in [2.24, 2.45) is 0 Å². The van der Waals surface area contributed by atoms with Gasteiger partial charge in [-0.3, -0.25) is 5.01 Å². The van der Waals surface area contributed by atoms with E-state index in [1.165, 1.54) is 0 Å². The van der Waals surface area contributed by atoms with Crippen LogP contribution >= 0.6 is 0 Å². The Bertz CT molecular complexity index is 181. The Hall–Kier alpha value is -0.960. The molecule has 0 fully saturated rings. The standard InChI is InChI=1S/C7H13N3/c1-6-5-10(9(3)4)7(2)8-6/h5,8H,2H2,1,3-4H3. The van der Waals surface area contributed by atoms with Crippen LogP contribution in [0.1, 0.15) is 6.92 Å². The molecule has 0 radical (unpaired) electrons. The lowest BCUT2D eigenvalue weighted by Gasteiger charge is -2.23. The van der Waals surface area contributed by atoms with Gasteiger partial charge in [0.25, 0.3) is 0 Å². The van der Waals surface area contributed by atoms with Crippen LogP contribution in [0.5, 0.6) is 0 Å². The second-order valence-corrected chi connectivity index (χ2v) is 2.58. The Balaban J connectivity index is 2.69. The molecule has 0 aromatic heterocycles. The van der Waals surface area contributed by atoms with Crippen LogP contribution in [-0.2, 0) is 0 Å². The zero-order valence-corrected chi connectivity index (χ0v) is 6.68. The minimum atomic E-state index is 0.905. The van der Waals surface area contributed by atoms with E-state index < -0.39 is 0 Å². The Morgan fingerprint density at radius 3 is 2.40 bits per heavy atom. The first-order chi connectivity index (χ1) is 4.61. The Morgan fingerprint density at radius 2 is 2.20 bits per heavy atom. The summed E-state index contributed by atoms with van der Waals surface area (Å²) in [4.78, 5) is 0. The molecule has 3 nitrogen and oxygen atoms in total. The van der Waals surface area contributed by atoms with Crippen molar-refractivity contribution in [3.8, 4) is 0 Å². The highest BCUT2D eigenvalue weighted by molar-refractivity contribution is 5.14. The Labute approximate surface area is 61.6 Å². The van der Waals surface area contributed by atoms with Gasteiger partial charge in [0.15, 0.2) is 0 Å². The van der Waals surface area contributed by atoms with Gasteiger partial charge in [0.05, 0.1) is 0 Å². The molecule has 3 heteroatoms. The average molecular weight is 139 g/mol. The van der Waals surface area contributed by atoms with E-state index in [2.05, 4.69) is 11.9 Å². The smallest absolute Gasteiger partial charge is 0.117 e. The molecule has 0 saturated carbocycles. The molecule has 1 aliphatic rings. The molecular weight excluding hydrogens is 126 g/mol. The molecule has 0 aromatic carbocycles. The normalized spacial score (nSPS) is 17.8. The van der Waals surface area contributed by atoms with E-state index in [9.17, 15) is 0 Å². The van der Waals surface area contributed by atoms with Crippen molar-refractivity contribution in [3.63, 3.8) is 0 Å². The first kappa shape index (κ1) is 7.15. The summed E-state index contributed by atoms with van der Waals surface area (Å²) in [7, 11) is 3.95. The maximum atomic E-state index is 3.83. The maximum Gasteiger partial charge on any atom is 0.117 e. The van der Waals surface area contributed by atoms with Crippen molar-refractivity contribution in [2.45, 2.75) is 6.92 Å². The van der Waals surface area contributed by atoms with Gasteiger partial charge in [-0.2, -0.15) is 0 Å². The molecule has 1 aliphatic heterocycles. The van der Waals surface area contributed by atoms with Crippen LogP contribution in [0.4, 0.5) is 0 Å². The average Bonchev–Trinajstić information content (AvgIpc) is 2.10. The molecule has 56 valence electrons. The summed E-state index contributed by atoms with van der Waals surface area (Å²) < 4.78 is 0. The van der Waals surface area contributed by atoms with Crippen molar-refractivity contribution < 1.29 is 0 Å². The quantitative estimate of drug-likeness (QED) is 0.577. The molecule has 0 bridgehead atoms. The van der Waals surface area contributed by atoms with Crippen molar-refractivity contribution in [3.05, 3.63) is 24.3 Å². The van der Waals surface area contributed by atoms with Gasteiger partial charge in [0.1, 0.15) is 5.82 Å². The van der Waals surface area contributed by atoms with Gasteiger partial charge in [-0.05, 0) is 6.92 Å². The van der Waals surface area contributed by atoms with Gasteiger partial charge in [0, 0.05) is 26.0 Å². The van der Waals surface area contributed by atoms with Crippen LogP contribution in [0.15, 0.2) is 24.3 Å². The number of nitrogens with one attached hydrogen (secondary N) is 1. The number of allylic oxidation sites excluding steroid dienone is 1. The summed E-state index contributed by atoms with van der Waals surface area (Å²) in [6.45, 7) is 5.84. The van der Waals surface area contributed by atoms with E-state index in [1.807, 2.05) is 37.2 Å². The molecule has 0 aromatic rings. The fourth-order valence-corrected chi connectivity index (χ4v) is 0.935. The molecule has 1 rings (SSSR count). The molecule has 0 aliphatic carbocycles. The van der Waals surface area contributed by atoms with Gasteiger partial charge < -0.3 is 5.32 Å². The van der Waals surface area contributed by atoms with Gasteiger partial charge in [-0.25, -0.2) is 5.01 Å². The summed E-state index contributed by atoms with van der Waals surface area (Å²) in [5.41, 5.74) is 1.12. The predicted octanol–water partition coefficient (Wildman–Crippen LogP) is 0.701. The SMILES string of the molecule is C=C1NC(C)=CN1N(C)C. The number of hydrogen-bond acceptors (Lipinski definition) is 3. The van der Waals surface area contributed by atoms with Crippen molar-refractivity contribution >= 4 is 0 Å². The molecule has 0 amide bonds. The lowest BCUT2D eigenvalue weighted by molar-refractivity contribution is 0.128. The molecular formula is C7H13N3. The van der Waals surface area contributed by atoms with Crippen LogP contribution in [0.2, 0.25) is 0 Å². The fraction of sp³-hybridized carbons (Fsp3) is 0.429. The lowest BCUT2D eigenvalue weighted by Crippen LogP contribution is -2.31. The first-order valence-electron chi connectivity index (χ1n) is 3.22. The zero-order chi connectivity index (χ0) is 7.72. The Morgan fingerprint density at radius 1 is 1.60 bits per heavy atom. The van der Waals surface area contributed by atoms with Gasteiger partial charge in [-0.15, -0.1) is 0 Å². The molecule has 0 saturated heterocycles. The monoisotopic (exact) mass is 139 g/mol. The van der Waals surface area contributed by atoms with E-state index >= 15 is 0 Å². The van der Waals surface area contributed by atoms with Gasteiger partial charge in [0.2, 0.25) is 0 Å². The van der Waals surface area contributed by atoms with E-state index in [1.54, 1.807) is 0 Å². The van der Waals surface area contributed by atoms with E-state index in [-0.39, 0.29) is 0 Å². The summed E-state index contributed by atoms with van der Waals surface area (Å²) in [5, 5.41) is 7.02. The summed E-state index contributed by atoms with van der Waals surface area (Å²) >= 11 is 0.